The van der Waals surface area contributed by atoms with Crippen molar-refractivity contribution in [1.29, 1.82) is 0 Å². The molecular formula is C30H36N2O6S. The summed E-state index contributed by atoms with van der Waals surface area (Å²) in [6.45, 7) is 7.72. The standard InChI is InChI=1S/C30H36N2O6S/c1-6-7-9-21-12-15-24(16-13-21)32-39(35,36)25-11-8-10-22(18-25)29(34)38-20-28(33)31-26-19-23(30(2,3)4)14-17-27(26)37-5/h8,10-19,32H,6-7,9,20H2,1-5H3,(H,31,33). The first-order valence-corrected chi connectivity index (χ1v) is 14.3. The van der Waals surface area contributed by atoms with Gasteiger partial charge >= 0.3 is 5.97 Å². The van der Waals surface area contributed by atoms with Crippen molar-refractivity contribution < 1.29 is 27.5 Å². The van der Waals surface area contributed by atoms with Crippen LogP contribution in [0.3, 0.4) is 0 Å². The van der Waals surface area contributed by atoms with E-state index in [1.54, 1.807) is 18.2 Å². The topological polar surface area (TPSA) is 111 Å². The molecule has 0 saturated carbocycles. The molecule has 3 aromatic rings. The van der Waals surface area contributed by atoms with Gasteiger partial charge < -0.3 is 14.8 Å². The van der Waals surface area contributed by atoms with Crippen molar-refractivity contribution in [3.63, 3.8) is 0 Å². The molecule has 0 saturated heterocycles. The lowest BCUT2D eigenvalue weighted by Gasteiger charge is -2.21. The number of methoxy groups -OCH3 is 1. The lowest BCUT2D eigenvalue weighted by atomic mass is 9.87. The first-order valence-electron chi connectivity index (χ1n) is 12.8. The van der Waals surface area contributed by atoms with E-state index in [1.165, 1.54) is 31.4 Å². The fraction of sp³-hybridized carbons (Fsp3) is 0.333. The van der Waals surface area contributed by atoms with Crippen molar-refractivity contribution in [3.8, 4) is 5.75 Å². The number of amides is 1. The van der Waals surface area contributed by atoms with Gasteiger partial charge in [-0.05, 0) is 71.8 Å². The summed E-state index contributed by atoms with van der Waals surface area (Å²) in [5, 5.41) is 2.71. The van der Waals surface area contributed by atoms with Gasteiger partial charge in [-0.2, -0.15) is 0 Å². The minimum Gasteiger partial charge on any atom is -0.495 e. The number of hydrogen-bond donors (Lipinski definition) is 2. The van der Waals surface area contributed by atoms with Crippen LogP contribution < -0.4 is 14.8 Å². The van der Waals surface area contributed by atoms with Gasteiger partial charge in [0, 0.05) is 5.69 Å². The Kier molecular flexibility index (Phi) is 9.75. The van der Waals surface area contributed by atoms with Crippen molar-refractivity contribution in [2.45, 2.75) is 57.3 Å². The number of ether oxygens (including phenoxy) is 2. The number of aryl methyl sites for hydroxylation is 1. The van der Waals surface area contributed by atoms with E-state index >= 15 is 0 Å². The molecule has 208 valence electrons. The maximum absolute atomic E-state index is 12.9. The minimum absolute atomic E-state index is 0.00731. The molecule has 3 aromatic carbocycles. The molecule has 0 radical (unpaired) electrons. The van der Waals surface area contributed by atoms with E-state index in [2.05, 4.69) is 37.7 Å². The second kappa shape index (κ2) is 12.8. The predicted octanol–water partition coefficient (Wildman–Crippen LogP) is 5.93. The minimum atomic E-state index is -3.95. The zero-order chi connectivity index (χ0) is 28.6. The number of nitrogens with one attached hydrogen (secondary N) is 2. The van der Waals surface area contributed by atoms with Crippen LogP contribution in [0.4, 0.5) is 11.4 Å². The molecule has 1 amide bonds. The van der Waals surface area contributed by atoms with Crippen LogP contribution in [-0.4, -0.2) is 34.0 Å². The van der Waals surface area contributed by atoms with Crippen LogP contribution in [-0.2, 0) is 31.4 Å². The highest BCUT2D eigenvalue weighted by Crippen LogP contribution is 2.31. The fourth-order valence-electron chi connectivity index (χ4n) is 3.80. The van der Waals surface area contributed by atoms with Crippen molar-refractivity contribution in [1.82, 2.24) is 0 Å². The normalized spacial score (nSPS) is 11.5. The quantitative estimate of drug-likeness (QED) is 0.285. The third kappa shape index (κ3) is 8.32. The summed E-state index contributed by atoms with van der Waals surface area (Å²) in [7, 11) is -2.45. The highest BCUT2D eigenvalue weighted by Gasteiger charge is 2.20. The van der Waals surface area contributed by atoms with Crippen LogP contribution in [0.2, 0.25) is 0 Å². The summed E-state index contributed by atoms with van der Waals surface area (Å²) in [6.07, 6.45) is 3.08. The molecule has 0 aliphatic heterocycles. The Morgan fingerprint density at radius 1 is 0.949 bits per heavy atom. The molecule has 0 aliphatic carbocycles. The third-order valence-corrected chi connectivity index (χ3v) is 7.46. The third-order valence-electron chi connectivity index (χ3n) is 6.08. The largest absolute Gasteiger partial charge is 0.495 e. The molecule has 0 bridgehead atoms. The summed E-state index contributed by atoms with van der Waals surface area (Å²) in [6, 6.07) is 18.2. The number of anilines is 2. The van der Waals surface area contributed by atoms with Crippen molar-refractivity contribution in [2.75, 3.05) is 23.8 Å². The van der Waals surface area contributed by atoms with Gasteiger partial charge in [0.05, 0.1) is 23.3 Å². The zero-order valence-corrected chi connectivity index (χ0v) is 23.9. The molecule has 0 spiro atoms. The van der Waals surface area contributed by atoms with Gasteiger partial charge in [0.1, 0.15) is 5.75 Å². The number of benzene rings is 3. The molecule has 0 aliphatic rings. The van der Waals surface area contributed by atoms with E-state index in [0.29, 0.717) is 17.1 Å². The molecular weight excluding hydrogens is 516 g/mol. The lowest BCUT2D eigenvalue weighted by molar-refractivity contribution is -0.119. The van der Waals surface area contributed by atoms with E-state index < -0.39 is 28.5 Å². The number of rotatable bonds is 11. The van der Waals surface area contributed by atoms with Crippen LogP contribution in [0.25, 0.3) is 0 Å². The summed E-state index contributed by atoms with van der Waals surface area (Å²) in [5.41, 5.74) is 2.88. The van der Waals surface area contributed by atoms with Crippen molar-refractivity contribution >= 4 is 33.3 Å². The molecule has 2 N–H and O–H groups in total. The van der Waals surface area contributed by atoms with Gasteiger partial charge in [-0.25, -0.2) is 13.2 Å². The average molecular weight is 553 g/mol. The van der Waals surface area contributed by atoms with Gasteiger partial charge in [-0.1, -0.05) is 58.4 Å². The first kappa shape index (κ1) is 29.7. The van der Waals surface area contributed by atoms with E-state index in [0.717, 1.165) is 30.4 Å². The smallest absolute Gasteiger partial charge is 0.338 e. The lowest BCUT2D eigenvalue weighted by Crippen LogP contribution is -2.22. The van der Waals surface area contributed by atoms with E-state index in [4.69, 9.17) is 9.47 Å². The zero-order valence-electron chi connectivity index (χ0n) is 23.0. The van der Waals surface area contributed by atoms with E-state index in [-0.39, 0.29) is 15.9 Å². The van der Waals surface area contributed by atoms with Gasteiger partial charge in [0.25, 0.3) is 15.9 Å². The molecule has 0 heterocycles. The molecule has 3 rings (SSSR count). The highest BCUT2D eigenvalue weighted by atomic mass is 32.2. The first-order chi connectivity index (χ1) is 18.4. The number of esters is 1. The van der Waals surface area contributed by atoms with Gasteiger partial charge in [-0.3, -0.25) is 9.52 Å². The SMILES string of the molecule is CCCCc1ccc(NS(=O)(=O)c2cccc(C(=O)OCC(=O)Nc3cc(C(C)(C)C)ccc3OC)c2)cc1. The number of carbonyl (C=O) groups excluding carboxylic acids is 2. The Bertz CT molecular complexity index is 1410. The second-order valence-electron chi connectivity index (χ2n) is 10.2. The van der Waals surface area contributed by atoms with Crippen LogP contribution in [0, 0.1) is 0 Å². The van der Waals surface area contributed by atoms with Crippen LogP contribution >= 0.6 is 0 Å². The Hall–Kier alpha value is -3.85. The van der Waals surface area contributed by atoms with Crippen LogP contribution in [0.5, 0.6) is 5.75 Å². The van der Waals surface area contributed by atoms with Crippen molar-refractivity contribution in [2.24, 2.45) is 0 Å². The maximum atomic E-state index is 12.9. The maximum Gasteiger partial charge on any atom is 0.338 e. The number of hydrogen-bond acceptors (Lipinski definition) is 6. The number of sulfonamides is 1. The van der Waals surface area contributed by atoms with Gasteiger partial charge in [0.15, 0.2) is 6.61 Å². The Morgan fingerprint density at radius 3 is 2.31 bits per heavy atom. The van der Waals surface area contributed by atoms with Crippen LogP contribution in [0.1, 0.15) is 62.0 Å². The molecule has 0 fully saturated rings. The highest BCUT2D eigenvalue weighted by molar-refractivity contribution is 7.92. The van der Waals surface area contributed by atoms with Crippen molar-refractivity contribution in [3.05, 3.63) is 83.4 Å². The van der Waals surface area contributed by atoms with Crippen LogP contribution in [0.15, 0.2) is 71.6 Å². The number of carbonyl (C=O) groups is 2. The Morgan fingerprint density at radius 2 is 1.67 bits per heavy atom. The molecule has 8 nitrogen and oxygen atoms in total. The molecule has 9 heteroatoms. The second-order valence-corrected chi connectivity index (χ2v) is 11.9. The van der Waals surface area contributed by atoms with Gasteiger partial charge in [0.2, 0.25) is 0 Å². The van der Waals surface area contributed by atoms with E-state index in [9.17, 15) is 18.0 Å². The summed E-state index contributed by atoms with van der Waals surface area (Å²) >= 11 is 0. The molecule has 39 heavy (non-hydrogen) atoms. The molecule has 0 aromatic heterocycles. The fourth-order valence-corrected chi connectivity index (χ4v) is 4.90. The Balaban J connectivity index is 1.64. The van der Waals surface area contributed by atoms with Gasteiger partial charge in [-0.15, -0.1) is 0 Å². The molecule has 0 atom stereocenters. The van der Waals surface area contributed by atoms with E-state index in [1.807, 2.05) is 24.3 Å². The monoisotopic (exact) mass is 552 g/mol. The molecule has 0 unspecified atom stereocenters. The number of unbranched alkanes of at least 4 members (excludes halogenated alkanes) is 1. The summed E-state index contributed by atoms with van der Waals surface area (Å²) in [5.74, 6) is -0.901. The summed E-state index contributed by atoms with van der Waals surface area (Å²) < 4.78 is 38.9. The summed E-state index contributed by atoms with van der Waals surface area (Å²) in [4.78, 5) is 25.1. The predicted molar refractivity (Wildman–Crippen MR) is 153 cm³/mol. The average Bonchev–Trinajstić information content (AvgIpc) is 2.90. The Labute approximate surface area is 230 Å².